The van der Waals surface area contributed by atoms with Gasteiger partial charge >= 0.3 is 6.09 Å². The lowest BCUT2D eigenvalue weighted by Crippen LogP contribution is -2.54. The van der Waals surface area contributed by atoms with Crippen LogP contribution >= 0.6 is 0 Å². The van der Waals surface area contributed by atoms with Crippen LogP contribution in [0.15, 0.2) is 36.4 Å². The first kappa shape index (κ1) is 31.9. The second-order valence-corrected chi connectivity index (χ2v) is 11.8. The van der Waals surface area contributed by atoms with E-state index in [9.17, 15) is 14.4 Å². The molecule has 2 aromatic carbocycles. The molecule has 0 fully saturated rings. The summed E-state index contributed by atoms with van der Waals surface area (Å²) in [7, 11) is 0. The van der Waals surface area contributed by atoms with Gasteiger partial charge < -0.3 is 20.3 Å². The number of ether oxygens (including phenoxy) is 1. The van der Waals surface area contributed by atoms with Crippen LogP contribution in [0.1, 0.15) is 88.2 Å². The molecule has 0 aromatic heterocycles. The van der Waals surface area contributed by atoms with Gasteiger partial charge in [0, 0.05) is 12.2 Å². The molecule has 39 heavy (non-hydrogen) atoms. The summed E-state index contributed by atoms with van der Waals surface area (Å²) >= 11 is 0. The third kappa shape index (κ3) is 8.84. The number of rotatable bonds is 10. The third-order valence-corrected chi connectivity index (χ3v) is 6.66. The number of benzene rings is 2. The van der Waals surface area contributed by atoms with Crippen LogP contribution in [0.25, 0.3) is 0 Å². The summed E-state index contributed by atoms with van der Waals surface area (Å²) in [6.07, 6.45) is 0.891. The van der Waals surface area contributed by atoms with E-state index in [1.54, 1.807) is 25.7 Å². The minimum absolute atomic E-state index is 0.227. The molecule has 3 amide bonds. The number of nitrogens with zero attached hydrogens (tertiary/aromatic N) is 1. The number of hydrogen-bond acceptors (Lipinski definition) is 4. The van der Waals surface area contributed by atoms with Crippen molar-refractivity contribution in [2.24, 2.45) is 5.92 Å². The Labute approximate surface area is 234 Å². The molecule has 2 aromatic rings. The van der Waals surface area contributed by atoms with Gasteiger partial charge in [0.05, 0.1) is 0 Å². The largest absolute Gasteiger partial charge is 0.444 e. The Morgan fingerprint density at radius 3 is 2.10 bits per heavy atom. The maximum Gasteiger partial charge on any atom is 0.408 e. The van der Waals surface area contributed by atoms with E-state index in [1.807, 2.05) is 84.9 Å². The average Bonchev–Trinajstić information content (AvgIpc) is 2.82. The topological polar surface area (TPSA) is 87.7 Å². The van der Waals surface area contributed by atoms with E-state index in [0.717, 1.165) is 39.9 Å². The van der Waals surface area contributed by atoms with Crippen LogP contribution in [-0.2, 0) is 14.3 Å². The quantitative estimate of drug-likeness (QED) is 0.350. The van der Waals surface area contributed by atoms with Gasteiger partial charge in [-0.15, -0.1) is 0 Å². The molecule has 0 aliphatic heterocycles. The monoisotopic (exact) mass is 537 g/mol. The Hall–Kier alpha value is -3.35. The van der Waals surface area contributed by atoms with Gasteiger partial charge in [0.2, 0.25) is 5.91 Å². The average molecular weight is 538 g/mol. The minimum Gasteiger partial charge on any atom is -0.444 e. The van der Waals surface area contributed by atoms with Crippen molar-refractivity contribution < 1.29 is 19.1 Å². The summed E-state index contributed by atoms with van der Waals surface area (Å²) in [4.78, 5) is 42.8. The first-order valence-electron chi connectivity index (χ1n) is 13.9. The molecule has 7 heteroatoms. The van der Waals surface area contributed by atoms with Crippen LogP contribution in [0, 0.1) is 33.6 Å². The normalized spacial score (nSPS) is 13.0. The number of alkyl carbamates (subject to hydrolysis) is 1. The van der Waals surface area contributed by atoms with Gasteiger partial charge in [-0.1, -0.05) is 69.2 Å². The Kier molecular flexibility index (Phi) is 11.1. The first-order chi connectivity index (χ1) is 18.2. The van der Waals surface area contributed by atoms with E-state index in [2.05, 4.69) is 10.6 Å². The fourth-order valence-electron chi connectivity index (χ4n) is 4.53. The van der Waals surface area contributed by atoms with Gasteiger partial charge in [-0.25, -0.2) is 4.79 Å². The third-order valence-electron chi connectivity index (χ3n) is 6.66. The summed E-state index contributed by atoms with van der Waals surface area (Å²) in [5.74, 6) is -0.827. The van der Waals surface area contributed by atoms with Gasteiger partial charge in [-0.3, -0.25) is 9.59 Å². The highest BCUT2D eigenvalue weighted by atomic mass is 16.6. The molecular weight excluding hydrogens is 490 g/mol. The molecular formula is C32H47N3O4. The number of para-hydroxylation sites is 1. The molecule has 0 heterocycles. The van der Waals surface area contributed by atoms with Crippen molar-refractivity contribution in [3.8, 4) is 0 Å². The van der Waals surface area contributed by atoms with Crippen molar-refractivity contribution in [2.75, 3.05) is 11.9 Å². The van der Waals surface area contributed by atoms with E-state index in [4.69, 9.17) is 4.74 Å². The van der Waals surface area contributed by atoms with E-state index in [1.165, 1.54) is 0 Å². The summed E-state index contributed by atoms with van der Waals surface area (Å²) < 4.78 is 5.46. The molecule has 2 atom stereocenters. The van der Waals surface area contributed by atoms with Crippen LogP contribution in [0.2, 0.25) is 0 Å². The van der Waals surface area contributed by atoms with Gasteiger partial charge in [0.15, 0.2) is 0 Å². The van der Waals surface area contributed by atoms with E-state index in [0.29, 0.717) is 13.0 Å². The Morgan fingerprint density at radius 2 is 1.56 bits per heavy atom. The molecule has 2 unspecified atom stereocenters. The van der Waals surface area contributed by atoms with Gasteiger partial charge in [0.25, 0.3) is 5.91 Å². The Bertz CT molecular complexity index is 1150. The lowest BCUT2D eigenvalue weighted by Gasteiger charge is -2.36. The van der Waals surface area contributed by atoms with Crippen LogP contribution in [0.5, 0.6) is 0 Å². The highest BCUT2D eigenvalue weighted by molar-refractivity contribution is 6.00. The Balaban J connectivity index is 2.62. The summed E-state index contributed by atoms with van der Waals surface area (Å²) in [6, 6.07) is 10.1. The highest BCUT2D eigenvalue weighted by Gasteiger charge is 2.38. The number of anilines is 1. The predicted octanol–water partition coefficient (Wildman–Crippen LogP) is 6.78. The molecule has 0 aliphatic rings. The van der Waals surface area contributed by atoms with Crippen LogP contribution < -0.4 is 10.6 Å². The predicted molar refractivity (Wildman–Crippen MR) is 158 cm³/mol. The number of amides is 3. The van der Waals surface area contributed by atoms with E-state index >= 15 is 0 Å². The SMILES string of the molecule is CCCCN(C(=O)C(NC(=O)OC(C)(C)C)C(C)C)C(C(=O)Nc1c(C)cccc1C)c1cc(C)ccc1C. The number of nitrogens with one attached hydrogen (secondary N) is 2. The van der Waals surface area contributed by atoms with E-state index < -0.39 is 23.8 Å². The van der Waals surface area contributed by atoms with Gasteiger partial charge in [0.1, 0.15) is 17.7 Å². The molecule has 0 bridgehead atoms. The van der Waals surface area contributed by atoms with Crippen molar-refractivity contribution >= 4 is 23.6 Å². The van der Waals surface area contributed by atoms with Gasteiger partial charge in [-0.2, -0.15) is 0 Å². The van der Waals surface area contributed by atoms with Crippen LogP contribution in [0.3, 0.4) is 0 Å². The second kappa shape index (κ2) is 13.6. The molecule has 7 nitrogen and oxygen atoms in total. The first-order valence-corrected chi connectivity index (χ1v) is 13.9. The maximum atomic E-state index is 14.3. The van der Waals surface area contributed by atoms with Crippen molar-refractivity contribution in [1.82, 2.24) is 10.2 Å². The number of aryl methyl sites for hydroxylation is 4. The lowest BCUT2D eigenvalue weighted by molar-refractivity contribution is -0.141. The molecule has 0 aliphatic carbocycles. The number of carbonyl (C=O) groups excluding carboxylic acids is 3. The smallest absolute Gasteiger partial charge is 0.408 e. The number of hydrogen-bond donors (Lipinski definition) is 2. The fourth-order valence-corrected chi connectivity index (χ4v) is 4.53. The Morgan fingerprint density at radius 1 is 0.949 bits per heavy atom. The summed E-state index contributed by atoms with van der Waals surface area (Å²) in [5.41, 5.74) is 4.61. The summed E-state index contributed by atoms with van der Waals surface area (Å²) in [5, 5.41) is 5.92. The zero-order chi connectivity index (χ0) is 29.5. The van der Waals surface area contributed by atoms with Crippen molar-refractivity contribution in [2.45, 2.75) is 99.8 Å². The molecule has 0 radical (unpaired) electrons. The maximum absolute atomic E-state index is 14.3. The van der Waals surface area contributed by atoms with Crippen molar-refractivity contribution in [3.05, 3.63) is 64.2 Å². The second-order valence-electron chi connectivity index (χ2n) is 11.8. The fraction of sp³-hybridized carbons (Fsp3) is 0.531. The molecule has 214 valence electrons. The summed E-state index contributed by atoms with van der Waals surface area (Å²) in [6.45, 7) is 19.3. The van der Waals surface area contributed by atoms with Crippen molar-refractivity contribution in [3.63, 3.8) is 0 Å². The van der Waals surface area contributed by atoms with Crippen LogP contribution in [-0.4, -0.2) is 41.0 Å². The van der Waals surface area contributed by atoms with E-state index in [-0.39, 0.29) is 17.7 Å². The lowest BCUT2D eigenvalue weighted by atomic mass is 9.94. The number of unbranched alkanes of at least 4 members (excludes halogenated alkanes) is 1. The molecule has 0 spiro atoms. The molecule has 0 saturated carbocycles. The molecule has 0 saturated heterocycles. The zero-order valence-corrected chi connectivity index (χ0v) is 25.4. The highest BCUT2D eigenvalue weighted by Crippen LogP contribution is 2.30. The molecule has 2 rings (SSSR count). The minimum atomic E-state index is -0.885. The number of carbonyl (C=O) groups is 3. The van der Waals surface area contributed by atoms with Crippen molar-refractivity contribution in [1.29, 1.82) is 0 Å². The standard InChI is InChI=1S/C32H47N3O4/c1-11-12-18-35(30(37)26(20(2)3)34-31(38)39-32(8,9)10)28(25-19-21(4)16-17-22(25)5)29(36)33-27-23(6)14-13-15-24(27)7/h13-17,19-20,26,28H,11-12,18H2,1-10H3,(H,33,36)(H,34,38). The molecule has 2 N–H and O–H groups in total. The zero-order valence-electron chi connectivity index (χ0n) is 25.4. The van der Waals surface area contributed by atoms with Crippen LogP contribution in [0.4, 0.5) is 10.5 Å². The van der Waals surface area contributed by atoms with Gasteiger partial charge in [-0.05, 0) is 83.1 Å².